The molecule has 0 aliphatic carbocycles. The topological polar surface area (TPSA) is 58.1 Å². The molecule has 1 amide bonds. The summed E-state index contributed by atoms with van der Waals surface area (Å²) in [7, 11) is 0. The van der Waals surface area contributed by atoms with Gasteiger partial charge >= 0.3 is 0 Å². The zero-order chi connectivity index (χ0) is 21.3. The molecule has 1 aliphatic rings. The van der Waals surface area contributed by atoms with Crippen LogP contribution in [0, 0.1) is 33.6 Å². The normalized spacial score (nSPS) is 18.9. The maximum Gasteiger partial charge on any atom is 0.237 e. The number of carbonyl (C=O) groups excluding carboxylic acids is 1. The minimum atomic E-state index is -0.186. The molecule has 1 aromatic heterocycles. The van der Waals surface area contributed by atoms with E-state index in [1.165, 1.54) is 5.56 Å². The van der Waals surface area contributed by atoms with Gasteiger partial charge < -0.3 is 5.32 Å². The number of amides is 1. The standard InChI is InChI=1S/C24H34N4O/c1-8-10-11-19-20-21(25-9-2)17(6)24(29)28(23(20)27-18(7)26-19)22-15(4)12-14(3)13-16(22)5/h12-13,17,21,25H,8-11H2,1-7H3. The highest BCUT2D eigenvalue weighted by Crippen LogP contribution is 2.44. The molecule has 3 rings (SSSR count). The third kappa shape index (κ3) is 3.93. The maximum atomic E-state index is 13.6. The van der Waals surface area contributed by atoms with Gasteiger partial charge in [0.1, 0.15) is 11.6 Å². The zero-order valence-electron chi connectivity index (χ0n) is 18.9. The van der Waals surface area contributed by atoms with E-state index in [1.807, 2.05) is 18.7 Å². The highest BCUT2D eigenvalue weighted by molar-refractivity contribution is 6.05. The van der Waals surface area contributed by atoms with Crippen molar-refractivity contribution in [2.75, 3.05) is 11.4 Å². The van der Waals surface area contributed by atoms with Gasteiger partial charge in [-0.05, 0) is 58.2 Å². The second-order valence-corrected chi connectivity index (χ2v) is 8.30. The Hall–Kier alpha value is -2.27. The lowest BCUT2D eigenvalue weighted by Gasteiger charge is -2.39. The maximum absolute atomic E-state index is 13.6. The molecule has 0 radical (unpaired) electrons. The Morgan fingerprint density at radius 2 is 1.72 bits per heavy atom. The number of aryl methyl sites for hydroxylation is 5. The number of rotatable bonds is 6. The van der Waals surface area contributed by atoms with Gasteiger partial charge in [0.25, 0.3) is 0 Å². The summed E-state index contributed by atoms with van der Waals surface area (Å²) in [6.07, 6.45) is 3.09. The largest absolute Gasteiger partial charge is 0.309 e. The third-order valence-electron chi connectivity index (χ3n) is 5.80. The van der Waals surface area contributed by atoms with Crippen LogP contribution >= 0.6 is 0 Å². The molecule has 2 aromatic rings. The van der Waals surface area contributed by atoms with Crippen molar-refractivity contribution in [3.8, 4) is 0 Å². The number of anilines is 2. The van der Waals surface area contributed by atoms with Crippen molar-refractivity contribution in [3.05, 3.63) is 45.9 Å². The quantitative estimate of drug-likeness (QED) is 0.747. The second kappa shape index (κ2) is 8.62. The van der Waals surface area contributed by atoms with E-state index < -0.39 is 0 Å². The first-order valence-electron chi connectivity index (χ1n) is 10.8. The average Bonchev–Trinajstić information content (AvgIpc) is 2.65. The SMILES string of the molecule is CCCCc1nc(C)nc2c1C(NCC)C(C)C(=O)N2c1c(C)cc(C)cc1C. The number of unbranched alkanes of at least 4 members (excludes halogenated alkanes) is 1. The molecule has 0 saturated carbocycles. The van der Waals surface area contributed by atoms with Crippen molar-refractivity contribution < 1.29 is 4.79 Å². The van der Waals surface area contributed by atoms with Crippen molar-refractivity contribution >= 4 is 17.4 Å². The number of hydrogen-bond donors (Lipinski definition) is 1. The molecule has 1 N–H and O–H groups in total. The van der Waals surface area contributed by atoms with Crippen LogP contribution in [0.25, 0.3) is 0 Å². The second-order valence-electron chi connectivity index (χ2n) is 8.30. The number of hydrogen-bond acceptors (Lipinski definition) is 4. The minimum absolute atomic E-state index is 0.0581. The molecular formula is C24H34N4O. The summed E-state index contributed by atoms with van der Waals surface area (Å²) >= 11 is 0. The summed E-state index contributed by atoms with van der Waals surface area (Å²) in [5.41, 5.74) is 6.53. The summed E-state index contributed by atoms with van der Waals surface area (Å²) in [5.74, 6) is 1.39. The van der Waals surface area contributed by atoms with E-state index in [0.29, 0.717) is 0 Å². The molecule has 0 saturated heterocycles. The summed E-state index contributed by atoms with van der Waals surface area (Å²) in [5, 5.41) is 3.54. The Morgan fingerprint density at radius 3 is 2.31 bits per heavy atom. The predicted molar refractivity (Wildman–Crippen MR) is 119 cm³/mol. The van der Waals surface area contributed by atoms with Crippen molar-refractivity contribution in [1.29, 1.82) is 0 Å². The summed E-state index contributed by atoms with van der Waals surface area (Å²) in [6.45, 7) is 15.3. The van der Waals surface area contributed by atoms with E-state index in [1.54, 1.807) is 0 Å². The number of nitrogens with zero attached hydrogens (tertiary/aromatic N) is 3. The fraction of sp³-hybridized carbons (Fsp3) is 0.542. The molecule has 5 heteroatoms. The highest BCUT2D eigenvalue weighted by atomic mass is 16.2. The first kappa shape index (κ1) is 21.4. The van der Waals surface area contributed by atoms with E-state index in [-0.39, 0.29) is 17.9 Å². The molecule has 0 bridgehead atoms. The van der Waals surface area contributed by atoms with Gasteiger partial charge in [-0.25, -0.2) is 9.97 Å². The van der Waals surface area contributed by atoms with E-state index in [0.717, 1.165) is 65.5 Å². The van der Waals surface area contributed by atoms with Gasteiger partial charge in [-0.3, -0.25) is 9.69 Å². The Kier molecular flexibility index (Phi) is 6.37. The van der Waals surface area contributed by atoms with Crippen LogP contribution in [0.1, 0.15) is 73.4 Å². The Morgan fingerprint density at radius 1 is 1.07 bits per heavy atom. The molecule has 1 aliphatic heterocycles. The molecule has 0 spiro atoms. The summed E-state index contributed by atoms with van der Waals surface area (Å²) in [6, 6.07) is 4.22. The highest BCUT2D eigenvalue weighted by Gasteiger charge is 2.42. The van der Waals surface area contributed by atoms with Crippen LogP contribution < -0.4 is 10.2 Å². The van der Waals surface area contributed by atoms with Gasteiger partial charge in [0.05, 0.1) is 17.3 Å². The molecule has 1 aromatic carbocycles. The minimum Gasteiger partial charge on any atom is -0.309 e. The lowest BCUT2D eigenvalue weighted by atomic mass is 9.86. The van der Waals surface area contributed by atoms with Gasteiger partial charge in [-0.1, -0.05) is 44.9 Å². The number of carbonyl (C=O) groups is 1. The van der Waals surface area contributed by atoms with Crippen molar-refractivity contribution in [2.45, 2.75) is 73.8 Å². The first-order chi connectivity index (χ1) is 13.8. The first-order valence-corrected chi connectivity index (χ1v) is 10.8. The van der Waals surface area contributed by atoms with Gasteiger partial charge in [0.15, 0.2) is 0 Å². The Labute approximate surface area is 175 Å². The van der Waals surface area contributed by atoms with Crippen LogP contribution in [0.2, 0.25) is 0 Å². The third-order valence-corrected chi connectivity index (χ3v) is 5.80. The number of aromatic nitrogens is 2. The average molecular weight is 395 g/mol. The summed E-state index contributed by atoms with van der Waals surface area (Å²) < 4.78 is 0. The van der Waals surface area contributed by atoms with Crippen molar-refractivity contribution in [1.82, 2.24) is 15.3 Å². The molecule has 5 nitrogen and oxygen atoms in total. The zero-order valence-corrected chi connectivity index (χ0v) is 18.9. The number of nitrogens with one attached hydrogen (secondary N) is 1. The van der Waals surface area contributed by atoms with E-state index in [9.17, 15) is 4.79 Å². The van der Waals surface area contributed by atoms with Crippen LogP contribution in [-0.2, 0) is 11.2 Å². The molecule has 2 heterocycles. The lowest BCUT2D eigenvalue weighted by molar-refractivity contribution is -0.122. The van der Waals surface area contributed by atoms with Gasteiger partial charge in [-0.2, -0.15) is 0 Å². The van der Waals surface area contributed by atoms with Crippen LogP contribution in [0.3, 0.4) is 0 Å². The van der Waals surface area contributed by atoms with Crippen LogP contribution in [0.5, 0.6) is 0 Å². The van der Waals surface area contributed by atoms with Gasteiger partial charge in [0, 0.05) is 11.6 Å². The molecule has 2 unspecified atom stereocenters. The predicted octanol–water partition coefficient (Wildman–Crippen LogP) is 5.02. The van der Waals surface area contributed by atoms with E-state index in [2.05, 4.69) is 52.1 Å². The Balaban J connectivity index is 2.29. The summed E-state index contributed by atoms with van der Waals surface area (Å²) in [4.78, 5) is 25.1. The monoisotopic (exact) mass is 394 g/mol. The van der Waals surface area contributed by atoms with Crippen molar-refractivity contribution in [3.63, 3.8) is 0 Å². The number of fused-ring (bicyclic) bond motifs is 1. The van der Waals surface area contributed by atoms with E-state index >= 15 is 0 Å². The molecular weight excluding hydrogens is 360 g/mol. The molecule has 2 atom stereocenters. The van der Waals surface area contributed by atoms with Crippen LogP contribution in [0.4, 0.5) is 11.5 Å². The Bertz CT molecular complexity index is 898. The molecule has 29 heavy (non-hydrogen) atoms. The van der Waals surface area contributed by atoms with Gasteiger partial charge in [-0.15, -0.1) is 0 Å². The van der Waals surface area contributed by atoms with E-state index in [4.69, 9.17) is 9.97 Å². The van der Waals surface area contributed by atoms with Crippen LogP contribution in [-0.4, -0.2) is 22.4 Å². The van der Waals surface area contributed by atoms with Crippen molar-refractivity contribution in [2.24, 2.45) is 5.92 Å². The lowest BCUT2D eigenvalue weighted by Crippen LogP contribution is -2.45. The van der Waals surface area contributed by atoms with Crippen LogP contribution in [0.15, 0.2) is 12.1 Å². The smallest absolute Gasteiger partial charge is 0.237 e. The fourth-order valence-electron chi connectivity index (χ4n) is 4.59. The molecule has 0 fully saturated rings. The number of benzene rings is 1. The van der Waals surface area contributed by atoms with Gasteiger partial charge in [0.2, 0.25) is 5.91 Å². The molecule has 156 valence electrons. The fourth-order valence-corrected chi connectivity index (χ4v) is 4.59.